The van der Waals surface area contributed by atoms with E-state index in [-0.39, 0.29) is 35.7 Å². The Morgan fingerprint density at radius 3 is 2.64 bits per heavy atom. The second-order valence-corrected chi connectivity index (χ2v) is 6.01. The molecule has 25 heavy (non-hydrogen) atoms. The lowest BCUT2D eigenvalue weighted by atomic mass is 10.0. The van der Waals surface area contributed by atoms with Crippen LogP contribution in [0.2, 0.25) is 0 Å². The number of nitrogens with one attached hydrogen (secondary N) is 1. The van der Waals surface area contributed by atoms with Crippen molar-refractivity contribution in [1.29, 1.82) is 0 Å². The lowest BCUT2D eigenvalue weighted by Gasteiger charge is -2.27. The molecule has 0 spiro atoms. The molecule has 0 aromatic carbocycles. The molecule has 10 heteroatoms. The molecule has 2 aromatic heterocycles. The van der Waals surface area contributed by atoms with Crippen molar-refractivity contribution in [3.63, 3.8) is 0 Å². The standard InChI is InChI=1S/C15H18N6O4/c1-15(2,20-12(23)8-4-5-17-21(8)3)14-18-9(11(16)22)10-13(19-14)25-7-6-24-10/h4-5H,6-7H2,1-3H3,(H2,16,22)(H,20,23). The highest BCUT2D eigenvalue weighted by atomic mass is 16.6. The Kier molecular flexibility index (Phi) is 4.03. The molecule has 0 radical (unpaired) electrons. The highest BCUT2D eigenvalue weighted by Crippen LogP contribution is 2.33. The Morgan fingerprint density at radius 1 is 1.28 bits per heavy atom. The molecule has 0 saturated carbocycles. The van der Waals surface area contributed by atoms with E-state index in [9.17, 15) is 9.59 Å². The summed E-state index contributed by atoms with van der Waals surface area (Å²) in [5.74, 6) is -0.687. The molecule has 0 aliphatic carbocycles. The molecule has 0 atom stereocenters. The van der Waals surface area contributed by atoms with Gasteiger partial charge in [-0.25, -0.2) is 4.98 Å². The second kappa shape index (κ2) is 6.04. The van der Waals surface area contributed by atoms with Crippen LogP contribution >= 0.6 is 0 Å². The van der Waals surface area contributed by atoms with Gasteiger partial charge in [-0.15, -0.1) is 0 Å². The van der Waals surface area contributed by atoms with Crippen molar-refractivity contribution in [2.24, 2.45) is 12.8 Å². The molecular weight excluding hydrogens is 328 g/mol. The van der Waals surface area contributed by atoms with E-state index in [1.54, 1.807) is 27.0 Å². The van der Waals surface area contributed by atoms with Crippen LogP contribution in [-0.4, -0.2) is 44.8 Å². The average Bonchev–Trinajstić information content (AvgIpc) is 2.99. The number of hydrogen-bond donors (Lipinski definition) is 2. The largest absolute Gasteiger partial charge is 0.483 e. The first-order chi connectivity index (χ1) is 11.8. The number of carbonyl (C=O) groups excluding carboxylic acids is 2. The van der Waals surface area contributed by atoms with Crippen LogP contribution in [0.25, 0.3) is 0 Å². The second-order valence-electron chi connectivity index (χ2n) is 6.01. The summed E-state index contributed by atoms with van der Waals surface area (Å²) in [6.45, 7) is 3.98. The lowest BCUT2D eigenvalue weighted by Crippen LogP contribution is -2.43. The molecule has 10 nitrogen and oxygen atoms in total. The zero-order valence-electron chi connectivity index (χ0n) is 14.1. The first kappa shape index (κ1) is 16.7. The Hall–Kier alpha value is -3.17. The van der Waals surface area contributed by atoms with Gasteiger partial charge >= 0.3 is 0 Å². The van der Waals surface area contributed by atoms with Gasteiger partial charge in [-0.3, -0.25) is 14.3 Å². The summed E-state index contributed by atoms with van der Waals surface area (Å²) >= 11 is 0. The topological polar surface area (TPSA) is 134 Å². The molecule has 1 aliphatic heterocycles. The Bertz CT molecular complexity index is 845. The first-order valence-electron chi connectivity index (χ1n) is 7.58. The molecular formula is C15H18N6O4. The zero-order valence-corrected chi connectivity index (χ0v) is 14.1. The molecule has 132 valence electrons. The highest BCUT2D eigenvalue weighted by molar-refractivity contribution is 5.94. The fraction of sp³-hybridized carbons (Fsp3) is 0.400. The average molecular weight is 346 g/mol. The normalized spacial score (nSPS) is 13.4. The summed E-state index contributed by atoms with van der Waals surface area (Å²) in [6, 6.07) is 1.59. The van der Waals surface area contributed by atoms with Crippen LogP contribution in [0.3, 0.4) is 0 Å². The van der Waals surface area contributed by atoms with Crippen molar-refractivity contribution >= 4 is 11.8 Å². The first-order valence-corrected chi connectivity index (χ1v) is 7.58. The molecule has 3 N–H and O–H groups in total. The summed E-state index contributed by atoms with van der Waals surface area (Å²) in [5.41, 5.74) is 4.68. The van der Waals surface area contributed by atoms with Crippen molar-refractivity contribution in [1.82, 2.24) is 25.1 Å². The van der Waals surface area contributed by atoms with E-state index in [0.717, 1.165) is 0 Å². The van der Waals surface area contributed by atoms with E-state index >= 15 is 0 Å². The number of amides is 2. The lowest BCUT2D eigenvalue weighted by molar-refractivity contribution is 0.0897. The third-order valence-corrected chi connectivity index (χ3v) is 3.67. The molecule has 1 aliphatic rings. The third-order valence-electron chi connectivity index (χ3n) is 3.67. The number of aromatic nitrogens is 4. The number of carbonyl (C=O) groups is 2. The number of rotatable bonds is 4. The zero-order chi connectivity index (χ0) is 18.2. The van der Waals surface area contributed by atoms with E-state index in [0.29, 0.717) is 12.3 Å². The third kappa shape index (κ3) is 3.10. The summed E-state index contributed by atoms with van der Waals surface area (Å²) < 4.78 is 12.3. The minimum absolute atomic E-state index is 0.0810. The van der Waals surface area contributed by atoms with Gasteiger partial charge in [0.15, 0.2) is 11.5 Å². The van der Waals surface area contributed by atoms with Gasteiger partial charge in [0.2, 0.25) is 5.75 Å². The van der Waals surface area contributed by atoms with Gasteiger partial charge in [-0.2, -0.15) is 10.1 Å². The fourth-order valence-corrected chi connectivity index (χ4v) is 2.39. The van der Waals surface area contributed by atoms with Gasteiger partial charge in [0.05, 0.1) is 5.54 Å². The van der Waals surface area contributed by atoms with Crippen LogP contribution in [0.4, 0.5) is 0 Å². The van der Waals surface area contributed by atoms with Crippen LogP contribution in [0.1, 0.15) is 40.6 Å². The SMILES string of the molecule is Cn1nccc1C(=O)NC(C)(C)c1nc2c(c(C(N)=O)n1)OCCO2. The predicted molar refractivity (Wildman–Crippen MR) is 85.2 cm³/mol. The predicted octanol–water partition coefficient (Wildman–Crippen LogP) is -0.255. The van der Waals surface area contributed by atoms with Crippen LogP contribution < -0.4 is 20.5 Å². The van der Waals surface area contributed by atoms with E-state index in [1.807, 2.05) is 0 Å². The Labute approximate surface area is 143 Å². The van der Waals surface area contributed by atoms with E-state index in [4.69, 9.17) is 15.2 Å². The number of nitrogens with two attached hydrogens (primary N) is 1. The maximum Gasteiger partial charge on any atom is 0.271 e. The molecule has 0 fully saturated rings. The number of primary amides is 1. The van der Waals surface area contributed by atoms with Crippen LogP contribution in [0.15, 0.2) is 12.3 Å². The number of hydrogen-bond acceptors (Lipinski definition) is 7. The van der Waals surface area contributed by atoms with Gasteiger partial charge in [0.25, 0.3) is 17.7 Å². The van der Waals surface area contributed by atoms with Gasteiger partial charge in [0.1, 0.15) is 18.9 Å². The Morgan fingerprint density at radius 2 is 2.00 bits per heavy atom. The van der Waals surface area contributed by atoms with Crippen LogP contribution in [-0.2, 0) is 12.6 Å². The van der Waals surface area contributed by atoms with Gasteiger partial charge < -0.3 is 20.5 Å². The van der Waals surface area contributed by atoms with E-state index in [1.165, 1.54) is 10.9 Å². The van der Waals surface area contributed by atoms with E-state index in [2.05, 4.69) is 20.4 Å². The van der Waals surface area contributed by atoms with Crippen molar-refractivity contribution < 1.29 is 19.1 Å². The van der Waals surface area contributed by atoms with Crippen molar-refractivity contribution in [3.8, 4) is 11.6 Å². The molecule has 3 rings (SSSR count). The minimum atomic E-state index is -0.999. The molecule has 0 bridgehead atoms. The smallest absolute Gasteiger partial charge is 0.271 e. The van der Waals surface area contributed by atoms with Crippen LogP contribution in [0, 0.1) is 0 Å². The summed E-state index contributed by atoms with van der Waals surface area (Å²) in [5, 5.41) is 6.78. The molecule has 2 amide bonds. The quantitative estimate of drug-likeness (QED) is 0.779. The minimum Gasteiger partial charge on any atom is -0.483 e. The number of ether oxygens (including phenoxy) is 2. The monoisotopic (exact) mass is 346 g/mol. The van der Waals surface area contributed by atoms with E-state index < -0.39 is 11.4 Å². The molecule has 0 saturated heterocycles. The highest BCUT2D eigenvalue weighted by Gasteiger charge is 2.32. The van der Waals surface area contributed by atoms with Crippen molar-refractivity contribution in [3.05, 3.63) is 29.5 Å². The summed E-state index contributed by atoms with van der Waals surface area (Å²) in [7, 11) is 1.66. The summed E-state index contributed by atoms with van der Waals surface area (Å²) in [4.78, 5) is 32.6. The van der Waals surface area contributed by atoms with Crippen LogP contribution in [0.5, 0.6) is 11.6 Å². The van der Waals surface area contributed by atoms with Crippen molar-refractivity contribution in [2.45, 2.75) is 19.4 Å². The number of fused-ring (bicyclic) bond motifs is 1. The maximum absolute atomic E-state index is 12.4. The number of nitrogens with zero attached hydrogens (tertiary/aromatic N) is 4. The number of aryl methyl sites for hydroxylation is 1. The molecule has 3 heterocycles. The molecule has 2 aromatic rings. The Balaban J connectivity index is 1.96. The molecule has 0 unspecified atom stereocenters. The van der Waals surface area contributed by atoms with Gasteiger partial charge in [-0.1, -0.05) is 0 Å². The van der Waals surface area contributed by atoms with Crippen molar-refractivity contribution in [2.75, 3.05) is 13.2 Å². The van der Waals surface area contributed by atoms with Gasteiger partial charge in [0, 0.05) is 13.2 Å². The maximum atomic E-state index is 12.4. The van der Waals surface area contributed by atoms with Gasteiger partial charge in [-0.05, 0) is 19.9 Å². The fourth-order valence-electron chi connectivity index (χ4n) is 2.39. The summed E-state index contributed by atoms with van der Waals surface area (Å²) in [6.07, 6.45) is 1.52.